The minimum absolute atomic E-state index is 0.00715. The molecule has 0 bridgehead atoms. The Labute approximate surface area is 127 Å². The lowest BCUT2D eigenvalue weighted by atomic mass is 9.77. The number of halogens is 2. The highest BCUT2D eigenvalue weighted by atomic mass is 79.9. The molecule has 2 rings (SSSR count). The van der Waals surface area contributed by atoms with Crippen molar-refractivity contribution in [2.45, 2.75) is 32.7 Å². The summed E-state index contributed by atoms with van der Waals surface area (Å²) in [4.78, 5) is 12.4. The predicted molar refractivity (Wildman–Crippen MR) is 82.6 cm³/mol. The predicted octanol–water partition coefficient (Wildman–Crippen LogP) is 3.82. The molecule has 1 aromatic carbocycles. The lowest BCUT2D eigenvalue weighted by molar-refractivity contribution is -0.121. The molecule has 2 N–H and O–H groups in total. The molecule has 3 nitrogen and oxygen atoms in total. The second kappa shape index (κ2) is 5.81. The summed E-state index contributed by atoms with van der Waals surface area (Å²) >= 11 is 9.30. The highest BCUT2D eigenvalue weighted by Gasteiger charge is 2.37. The number of benzene rings is 1. The molecule has 0 aliphatic carbocycles. The maximum atomic E-state index is 12.4. The number of carbonyl (C=O) groups is 1. The van der Waals surface area contributed by atoms with Crippen LogP contribution >= 0.6 is 27.5 Å². The molecule has 1 aliphatic rings. The fraction of sp³-hybridized carbons (Fsp3) is 0.500. The fourth-order valence-corrected chi connectivity index (χ4v) is 3.24. The molecule has 1 saturated heterocycles. The van der Waals surface area contributed by atoms with Gasteiger partial charge in [-0.3, -0.25) is 4.79 Å². The Morgan fingerprint density at radius 1 is 1.53 bits per heavy atom. The topological polar surface area (TPSA) is 41.1 Å². The third-order valence-electron chi connectivity index (χ3n) is 3.58. The highest BCUT2D eigenvalue weighted by molar-refractivity contribution is 9.10. The number of carbonyl (C=O) groups excluding carboxylic acids is 1. The van der Waals surface area contributed by atoms with Gasteiger partial charge in [-0.2, -0.15) is 0 Å². The van der Waals surface area contributed by atoms with Crippen LogP contribution in [0.5, 0.6) is 0 Å². The number of hydrogen-bond donors (Lipinski definition) is 2. The number of anilines is 1. The minimum atomic E-state index is -0.163. The van der Waals surface area contributed by atoms with Crippen molar-refractivity contribution in [1.29, 1.82) is 0 Å². The molecular weight excluding hydrogens is 328 g/mol. The molecular formula is C14H18BrClN2O. The summed E-state index contributed by atoms with van der Waals surface area (Å²) in [5.74, 6) is 0.00715. The van der Waals surface area contributed by atoms with Gasteiger partial charge in [0.15, 0.2) is 0 Å². The smallest absolute Gasteiger partial charge is 0.242 e. The molecule has 1 aliphatic heterocycles. The highest BCUT2D eigenvalue weighted by Crippen LogP contribution is 2.32. The average molecular weight is 346 g/mol. The largest absolute Gasteiger partial charge is 0.324 e. The van der Waals surface area contributed by atoms with Crippen molar-refractivity contribution in [2.24, 2.45) is 5.41 Å². The Bertz CT molecular complexity index is 490. The molecule has 1 heterocycles. The van der Waals surface area contributed by atoms with Crippen LogP contribution in [-0.2, 0) is 4.79 Å². The van der Waals surface area contributed by atoms with Gasteiger partial charge in [-0.05, 0) is 58.9 Å². The van der Waals surface area contributed by atoms with Gasteiger partial charge in [-0.25, -0.2) is 0 Å². The van der Waals surface area contributed by atoms with E-state index < -0.39 is 0 Å². The Balaban J connectivity index is 2.12. The maximum absolute atomic E-state index is 12.4. The van der Waals surface area contributed by atoms with Crippen LogP contribution in [0.15, 0.2) is 22.7 Å². The van der Waals surface area contributed by atoms with Crippen LogP contribution in [0.3, 0.4) is 0 Å². The standard InChI is InChI=1S/C14H18BrClN2O/c1-14(2)6-3-7-17-12(14)13(19)18-11-5-4-9(16)8-10(11)15/h4-5,8,12,17H,3,6-7H2,1-2H3,(H,18,19). The summed E-state index contributed by atoms with van der Waals surface area (Å²) in [5, 5.41) is 6.90. The van der Waals surface area contributed by atoms with Gasteiger partial charge < -0.3 is 10.6 Å². The van der Waals surface area contributed by atoms with E-state index in [1.54, 1.807) is 18.2 Å². The summed E-state index contributed by atoms with van der Waals surface area (Å²) in [6.45, 7) is 5.14. The molecule has 0 saturated carbocycles. The minimum Gasteiger partial charge on any atom is -0.324 e. The molecule has 1 aromatic rings. The van der Waals surface area contributed by atoms with E-state index >= 15 is 0 Å². The summed E-state index contributed by atoms with van der Waals surface area (Å²) in [6.07, 6.45) is 2.17. The van der Waals surface area contributed by atoms with Crippen molar-refractivity contribution in [2.75, 3.05) is 11.9 Å². The lowest BCUT2D eigenvalue weighted by Crippen LogP contribution is -2.53. The van der Waals surface area contributed by atoms with Gasteiger partial charge in [0.2, 0.25) is 5.91 Å². The van der Waals surface area contributed by atoms with Gasteiger partial charge in [-0.1, -0.05) is 25.4 Å². The van der Waals surface area contributed by atoms with Crippen LogP contribution in [0.4, 0.5) is 5.69 Å². The van der Waals surface area contributed by atoms with Crippen molar-refractivity contribution in [1.82, 2.24) is 5.32 Å². The Kier molecular flexibility index (Phi) is 4.54. The van der Waals surface area contributed by atoms with Gasteiger partial charge in [0.05, 0.1) is 11.7 Å². The molecule has 0 spiro atoms. The van der Waals surface area contributed by atoms with Crippen molar-refractivity contribution < 1.29 is 4.79 Å². The maximum Gasteiger partial charge on any atom is 0.242 e. The molecule has 1 atom stereocenters. The molecule has 5 heteroatoms. The summed E-state index contributed by atoms with van der Waals surface area (Å²) < 4.78 is 0.793. The van der Waals surface area contributed by atoms with E-state index in [0.29, 0.717) is 5.02 Å². The number of amides is 1. The van der Waals surface area contributed by atoms with Gasteiger partial charge in [-0.15, -0.1) is 0 Å². The van der Waals surface area contributed by atoms with Crippen LogP contribution in [0.1, 0.15) is 26.7 Å². The summed E-state index contributed by atoms with van der Waals surface area (Å²) in [6, 6.07) is 5.18. The first-order chi connectivity index (χ1) is 8.90. The van der Waals surface area contributed by atoms with E-state index in [-0.39, 0.29) is 17.4 Å². The number of rotatable bonds is 2. The van der Waals surface area contributed by atoms with E-state index in [2.05, 4.69) is 40.4 Å². The fourth-order valence-electron chi connectivity index (χ4n) is 2.45. The van der Waals surface area contributed by atoms with Crippen molar-refractivity contribution in [3.63, 3.8) is 0 Å². The number of nitrogens with one attached hydrogen (secondary N) is 2. The molecule has 104 valence electrons. The summed E-state index contributed by atoms with van der Waals surface area (Å²) in [7, 11) is 0. The Hall–Kier alpha value is -0.580. The van der Waals surface area contributed by atoms with Crippen LogP contribution in [-0.4, -0.2) is 18.5 Å². The number of piperidine rings is 1. The van der Waals surface area contributed by atoms with Crippen molar-refractivity contribution in [3.05, 3.63) is 27.7 Å². The second-order valence-corrected chi connectivity index (χ2v) is 6.88. The zero-order valence-electron chi connectivity index (χ0n) is 11.1. The third-order valence-corrected chi connectivity index (χ3v) is 4.47. The van der Waals surface area contributed by atoms with Gasteiger partial charge in [0.25, 0.3) is 0 Å². The second-order valence-electron chi connectivity index (χ2n) is 5.59. The zero-order valence-corrected chi connectivity index (χ0v) is 13.4. The zero-order chi connectivity index (χ0) is 14.0. The molecule has 0 radical (unpaired) electrons. The van der Waals surface area contributed by atoms with Crippen molar-refractivity contribution in [3.8, 4) is 0 Å². The summed E-state index contributed by atoms with van der Waals surface area (Å²) in [5.41, 5.74) is 0.721. The van der Waals surface area contributed by atoms with E-state index in [1.165, 1.54) is 0 Å². The normalized spacial score (nSPS) is 22.0. The van der Waals surface area contributed by atoms with E-state index in [1.807, 2.05) is 0 Å². The molecule has 0 aromatic heterocycles. The molecule has 1 amide bonds. The lowest BCUT2D eigenvalue weighted by Gasteiger charge is -2.38. The first-order valence-electron chi connectivity index (χ1n) is 6.39. The van der Waals surface area contributed by atoms with Crippen LogP contribution in [0, 0.1) is 5.41 Å². The molecule has 1 fully saturated rings. The van der Waals surface area contributed by atoms with Crippen LogP contribution in [0.25, 0.3) is 0 Å². The first-order valence-corrected chi connectivity index (χ1v) is 7.56. The van der Waals surface area contributed by atoms with Crippen LogP contribution in [0.2, 0.25) is 5.02 Å². The van der Waals surface area contributed by atoms with Gasteiger partial charge in [0, 0.05) is 9.50 Å². The number of hydrogen-bond acceptors (Lipinski definition) is 2. The average Bonchev–Trinajstić information content (AvgIpc) is 2.32. The van der Waals surface area contributed by atoms with E-state index in [0.717, 1.165) is 29.5 Å². The van der Waals surface area contributed by atoms with E-state index in [4.69, 9.17) is 11.6 Å². The first kappa shape index (κ1) is 14.8. The Morgan fingerprint density at radius 3 is 2.89 bits per heavy atom. The molecule has 19 heavy (non-hydrogen) atoms. The molecule has 1 unspecified atom stereocenters. The quantitative estimate of drug-likeness (QED) is 0.855. The van der Waals surface area contributed by atoms with Crippen LogP contribution < -0.4 is 10.6 Å². The SMILES string of the molecule is CC1(C)CCCNC1C(=O)Nc1ccc(Cl)cc1Br. The monoisotopic (exact) mass is 344 g/mol. The van der Waals surface area contributed by atoms with Gasteiger partial charge in [0.1, 0.15) is 0 Å². The van der Waals surface area contributed by atoms with E-state index in [9.17, 15) is 4.79 Å². The third kappa shape index (κ3) is 3.50. The Morgan fingerprint density at radius 2 is 2.26 bits per heavy atom. The van der Waals surface area contributed by atoms with Gasteiger partial charge >= 0.3 is 0 Å². The van der Waals surface area contributed by atoms with Crippen molar-refractivity contribution >= 4 is 39.1 Å².